The Morgan fingerprint density at radius 2 is 2.22 bits per heavy atom. The molecule has 0 saturated carbocycles. The first-order valence-electron chi connectivity index (χ1n) is 7.67. The molecule has 1 fully saturated rings. The van der Waals surface area contributed by atoms with Gasteiger partial charge in [-0.25, -0.2) is 4.98 Å². The number of benzene rings is 1. The number of hydrogen-bond donors (Lipinski definition) is 1. The highest BCUT2D eigenvalue weighted by Crippen LogP contribution is 2.29. The topological polar surface area (TPSA) is 55.6 Å². The van der Waals surface area contributed by atoms with Crippen LogP contribution in [0.15, 0.2) is 52.8 Å². The molecule has 23 heavy (non-hydrogen) atoms. The molecule has 1 N–H and O–H groups in total. The first-order chi connectivity index (χ1) is 11.3. The summed E-state index contributed by atoms with van der Waals surface area (Å²) in [5, 5.41) is 5.37. The molecule has 6 heteroatoms. The maximum atomic E-state index is 12.0. The van der Waals surface area contributed by atoms with E-state index in [1.807, 2.05) is 23.6 Å². The molecule has 3 aromatic rings. The van der Waals surface area contributed by atoms with Crippen LogP contribution in [-0.2, 0) is 11.3 Å². The van der Waals surface area contributed by atoms with Crippen molar-refractivity contribution in [2.45, 2.75) is 25.1 Å². The Bertz CT molecular complexity index is 859. The molecule has 1 aromatic carbocycles. The monoisotopic (exact) mass is 327 g/mol. The summed E-state index contributed by atoms with van der Waals surface area (Å²) >= 11 is 1.47. The van der Waals surface area contributed by atoms with Crippen molar-refractivity contribution in [2.75, 3.05) is 6.61 Å². The van der Waals surface area contributed by atoms with Gasteiger partial charge in [0.05, 0.1) is 11.8 Å². The molecule has 5 nitrogen and oxygen atoms in total. The lowest BCUT2D eigenvalue weighted by Gasteiger charge is -2.20. The number of nitrogens with one attached hydrogen (secondary N) is 1. The van der Waals surface area contributed by atoms with E-state index in [1.165, 1.54) is 16.9 Å². The highest BCUT2D eigenvalue weighted by Gasteiger charge is 2.29. The molecule has 1 aliphatic heterocycles. The summed E-state index contributed by atoms with van der Waals surface area (Å²) in [4.78, 5) is 17.3. The summed E-state index contributed by atoms with van der Waals surface area (Å²) in [7, 11) is 0. The zero-order chi connectivity index (χ0) is 15.6. The van der Waals surface area contributed by atoms with Gasteiger partial charge < -0.3 is 10.1 Å². The Hall–Kier alpha value is -2.02. The number of rotatable bonds is 4. The van der Waals surface area contributed by atoms with Crippen molar-refractivity contribution < 1.29 is 4.74 Å². The third-order valence-electron chi connectivity index (χ3n) is 4.12. The van der Waals surface area contributed by atoms with Crippen LogP contribution in [0.2, 0.25) is 0 Å². The van der Waals surface area contributed by atoms with E-state index in [-0.39, 0.29) is 17.7 Å². The SMILES string of the molecule is O=c1cc(CN[C@@H]2CCO[C@H]2c2ccccc2)nc2sccn12. The molecular formula is C17H17N3O2S. The average molecular weight is 327 g/mol. The van der Waals surface area contributed by atoms with Gasteiger partial charge in [-0.05, 0) is 12.0 Å². The largest absolute Gasteiger partial charge is 0.372 e. The first-order valence-corrected chi connectivity index (χ1v) is 8.55. The van der Waals surface area contributed by atoms with Crippen molar-refractivity contribution >= 4 is 16.3 Å². The van der Waals surface area contributed by atoms with Crippen LogP contribution >= 0.6 is 11.3 Å². The molecule has 1 aliphatic rings. The van der Waals surface area contributed by atoms with E-state index in [0.29, 0.717) is 6.54 Å². The quantitative estimate of drug-likeness (QED) is 0.799. The highest BCUT2D eigenvalue weighted by atomic mass is 32.1. The van der Waals surface area contributed by atoms with Crippen LogP contribution in [0.5, 0.6) is 0 Å². The summed E-state index contributed by atoms with van der Waals surface area (Å²) in [6, 6.07) is 12.1. The fourth-order valence-electron chi connectivity index (χ4n) is 2.98. The molecule has 4 rings (SSSR count). The Labute approximate surface area is 137 Å². The van der Waals surface area contributed by atoms with E-state index in [2.05, 4.69) is 22.4 Å². The van der Waals surface area contributed by atoms with Gasteiger partial charge in [0.1, 0.15) is 0 Å². The number of aromatic nitrogens is 2. The van der Waals surface area contributed by atoms with Gasteiger partial charge in [0.15, 0.2) is 4.96 Å². The zero-order valence-electron chi connectivity index (χ0n) is 12.5. The Kier molecular flexibility index (Phi) is 3.95. The van der Waals surface area contributed by atoms with Crippen molar-refractivity contribution in [1.82, 2.24) is 14.7 Å². The summed E-state index contributed by atoms with van der Waals surface area (Å²) in [5.41, 5.74) is 1.93. The van der Waals surface area contributed by atoms with Crippen molar-refractivity contribution in [1.29, 1.82) is 0 Å². The normalized spacial score (nSPS) is 21.0. The third-order valence-corrected chi connectivity index (χ3v) is 4.88. The minimum atomic E-state index is -0.0321. The van der Waals surface area contributed by atoms with Gasteiger partial charge in [-0.2, -0.15) is 0 Å². The fraction of sp³-hybridized carbons (Fsp3) is 0.294. The van der Waals surface area contributed by atoms with Gasteiger partial charge in [0.25, 0.3) is 5.56 Å². The minimum absolute atomic E-state index is 0.0321. The Morgan fingerprint density at radius 1 is 1.35 bits per heavy atom. The maximum absolute atomic E-state index is 12.0. The van der Waals surface area contributed by atoms with E-state index in [0.717, 1.165) is 23.7 Å². The number of thiazole rings is 1. The van der Waals surface area contributed by atoms with Gasteiger partial charge >= 0.3 is 0 Å². The Balaban J connectivity index is 1.50. The summed E-state index contributed by atoms with van der Waals surface area (Å²) in [6.07, 6.45) is 2.77. The first kappa shape index (κ1) is 14.6. The minimum Gasteiger partial charge on any atom is -0.372 e. The molecule has 1 saturated heterocycles. The summed E-state index contributed by atoms with van der Waals surface area (Å²) in [5.74, 6) is 0. The van der Waals surface area contributed by atoms with Crippen LogP contribution in [0.25, 0.3) is 4.96 Å². The van der Waals surface area contributed by atoms with Crippen LogP contribution in [0.3, 0.4) is 0 Å². The molecule has 0 radical (unpaired) electrons. The molecule has 0 unspecified atom stereocenters. The summed E-state index contributed by atoms with van der Waals surface area (Å²) < 4.78 is 7.44. The lowest BCUT2D eigenvalue weighted by Crippen LogP contribution is -2.32. The van der Waals surface area contributed by atoms with Crippen LogP contribution in [0, 0.1) is 0 Å². The predicted octanol–water partition coefficient (Wildman–Crippen LogP) is 2.38. The average Bonchev–Trinajstić information content (AvgIpc) is 3.23. The molecular weight excluding hydrogens is 310 g/mol. The molecule has 0 spiro atoms. The van der Waals surface area contributed by atoms with Gasteiger partial charge in [0, 0.05) is 36.8 Å². The van der Waals surface area contributed by atoms with Crippen LogP contribution in [0.4, 0.5) is 0 Å². The van der Waals surface area contributed by atoms with Gasteiger partial charge in [0.2, 0.25) is 0 Å². The van der Waals surface area contributed by atoms with Crippen LogP contribution < -0.4 is 10.9 Å². The molecule has 2 atom stereocenters. The van der Waals surface area contributed by atoms with Gasteiger partial charge in [-0.15, -0.1) is 11.3 Å². The molecule has 3 heterocycles. The molecule has 0 aliphatic carbocycles. The fourth-order valence-corrected chi connectivity index (χ4v) is 3.72. The van der Waals surface area contributed by atoms with E-state index in [1.54, 1.807) is 16.7 Å². The van der Waals surface area contributed by atoms with Crippen LogP contribution in [-0.4, -0.2) is 22.0 Å². The van der Waals surface area contributed by atoms with E-state index >= 15 is 0 Å². The second-order valence-corrected chi connectivity index (χ2v) is 6.49. The predicted molar refractivity (Wildman–Crippen MR) is 89.7 cm³/mol. The smallest absolute Gasteiger partial charge is 0.258 e. The second kappa shape index (κ2) is 6.23. The number of hydrogen-bond acceptors (Lipinski definition) is 5. The van der Waals surface area contributed by atoms with Gasteiger partial charge in [-0.1, -0.05) is 30.3 Å². The lowest BCUT2D eigenvalue weighted by molar-refractivity contribution is 0.0984. The maximum Gasteiger partial charge on any atom is 0.258 e. The standard InChI is InChI=1S/C17H17N3O2S/c21-15-10-13(19-17-20(15)7-9-23-17)11-18-14-6-8-22-16(14)12-4-2-1-3-5-12/h1-5,7,9-10,14,16,18H,6,8,11H2/t14-,16+/m1/s1. The number of ether oxygens (including phenoxy) is 1. The lowest BCUT2D eigenvalue weighted by atomic mass is 10.0. The van der Waals surface area contributed by atoms with Crippen molar-refractivity contribution in [3.05, 3.63) is 69.6 Å². The third kappa shape index (κ3) is 2.93. The highest BCUT2D eigenvalue weighted by molar-refractivity contribution is 7.15. The molecule has 118 valence electrons. The molecule has 0 bridgehead atoms. The molecule has 0 amide bonds. The van der Waals surface area contributed by atoms with E-state index in [9.17, 15) is 4.79 Å². The van der Waals surface area contributed by atoms with E-state index < -0.39 is 0 Å². The zero-order valence-corrected chi connectivity index (χ0v) is 13.3. The van der Waals surface area contributed by atoms with Crippen molar-refractivity contribution in [3.8, 4) is 0 Å². The summed E-state index contributed by atoms with van der Waals surface area (Å²) in [6.45, 7) is 1.32. The van der Waals surface area contributed by atoms with Crippen molar-refractivity contribution in [3.63, 3.8) is 0 Å². The molecule has 2 aromatic heterocycles. The van der Waals surface area contributed by atoms with Crippen LogP contribution in [0.1, 0.15) is 23.8 Å². The number of fused-ring (bicyclic) bond motifs is 1. The van der Waals surface area contributed by atoms with E-state index in [4.69, 9.17) is 4.74 Å². The van der Waals surface area contributed by atoms with Crippen molar-refractivity contribution in [2.24, 2.45) is 0 Å². The van der Waals surface area contributed by atoms with Gasteiger partial charge in [-0.3, -0.25) is 9.20 Å². The number of nitrogens with zero attached hydrogens (tertiary/aromatic N) is 2. The second-order valence-electron chi connectivity index (χ2n) is 5.62. The Morgan fingerprint density at radius 3 is 3.09 bits per heavy atom.